The number of likely N-dealkylation sites (tertiary alicyclic amines) is 1. The van der Waals surface area contributed by atoms with Gasteiger partial charge in [-0.25, -0.2) is 12.7 Å². The fraction of sp³-hybridized carbons (Fsp3) is 0.333. The third kappa shape index (κ3) is 4.84. The summed E-state index contributed by atoms with van der Waals surface area (Å²) in [6, 6.07) is 11.7. The van der Waals surface area contributed by atoms with Gasteiger partial charge in [-0.2, -0.15) is 0 Å². The van der Waals surface area contributed by atoms with E-state index in [1.807, 2.05) is 19.0 Å². The summed E-state index contributed by atoms with van der Waals surface area (Å²) in [6.45, 7) is 0.807. The highest BCUT2D eigenvalue weighted by Gasteiger charge is 2.45. The Morgan fingerprint density at radius 3 is 2.09 bits per heavy atom. The van der Waals surface area contributed by atoms with E-state index in [1.165, 1.54) is 43.3 Å². The van der Waals surface area contributed by atoms with Gasteiger partial charge in [0, 0.05) is 32.7 Å². The van der Waals surface area contributed by atoms with Crippen LogP contribution in [-0.4, -0.2) is 87.7 Å². The molecule has 34 heavy (non-hydrogen) atoms. The van der Waals surface area contributed by atoms with Crippen molar-refractivity contribution in [1.29, 1.82) is 0 Å². The van der Waals surface area contributed by atoms with Crippen molar-refractivity contribution >= 4 is 27.5 Å². The number of nitrogens with zero attached hydrogens (tertiary/aromatic N) is 3. The second kappa shape index (κ2) is 9.96. The number of hydrogen-bond acceptors (Lipinski definition) is 7. The largest absolute Gasteiger partial charge is 0.507 e. The lowest BCUT2D eigenvalue weighted by Crippen LogP contribution is -2.35. The highest BCUT2D eigenvalue weighted by atomic mass is 32.2. The Morgan fingerprint density at radius 1 is 1.00 bits per heavy atom. The number of amides is 1. The third-order valence-corrected chi connectivity index (χ3v) is 7.50. The number of ketones is 1. The molecule has 182 valence electrons. The second-order valence-corrected chi connectivity index (χ2v) is 10.5. The van der Waals surface area contributed by atoms with Gasteiger partial charge in [0.2, 0.25) is 10.0 Å². The van der Waals surface area contributed by atoms with E-state index in [4.69, 9.17) is 4.74 Å². The van der Waals surface area contributed by atoms with Gasteiger partial charge < -0.3 is 19.6 Å². The van der Waals surface area contributed by atoms with E-state index in [2.05, 4.69) is 0 Å². The van der Waals surface area contributed by atoms with Crippen LogP contribution >= 0.6 is 0 Å². The van der Waals surface area contributed by atoms with Crippen LogP contribution in [0.1, 0.15) is 17.2 Å². The summed E-state index contributed by atoms with van der Waals surface area (Å²) in [5.74, 6) is -1.23. The van der Waals surface area contributed by atoms with Crippen molar-refractivity contribution < 1.29 is 27.9 Å². The lowest BCUT2D eigenvalue weighted by atomic mass is 9.95. The zero-order chi connectivity index (χ0) is 25.2. The summed E-state index contributed by atoms with van der Waals surface area (Å²) in [5, 5.41) is 11.1. The summed E-state index contributed by atoms with van der Waals surface area (Å²) in [4.78, 5) is 29.4. The van der Waals surface area contributed by atoms with E-state index < -0.39 is 27.8 Å². The van der Waals surface area contributed by atoms with Gasteiger partial charge in [-0.1, -0.05) is 12.1 Å². The number of likely N-dealkylation sites (N-methyl/N-ethyl adjacent to an activating group) is 1. The summed E-state index contributed by atoms with van der Waals surface area (Å²) in [5.41, 5.74) is 0.839. The van der Waals surface area contributed by atoms with Crippen LogP contribution in [0.15, 0.2) is 59.0 Å². The zero-order valence-corrected chi connectivity index (χ0v) is 20.7. The number of hydrogen-bond donors (Lipinski definition) is 1. The van der Waals surface area contributed by atoms with E-state index in [0.717, 1.165) is 4.31 Å². The number of carbonyl (C=O) groups is 2. The Balaban J connectivity index is 2.11. The molecular weight excluding hydrogens is 458 g/mol. The fourth-order valence-corrected chi connectivity index (χ4v) is 4.60. The molecule has 1 amide bonds. The average Bonchev–Trinajstić information content (AvgIpc) is 3.07. The maximum atomic E-state index is 13.0. The van der Waals surface area contributed by atoms with Crippen molar-refractivity contribution in [3.63, 3.8) is 0 Å². The molecule has 2 aromatic rings. The van der Waals surface area contributed by atoms with E-state index in [0.29, 0.717) is 17.9 Å². The minimum atomic E-state index is -3.65. The number of ether oxygens (including phenoxy) is 1. The molecule has 10 heteroatoms. The molecule has 0 radical (unpaired) electrons. The molecule has 0 saturated carbocycles. The molecule has 0 aromatic heterocycles. The van der Waals surface area contributed by atoms with E-state index >= 15 is 0 Å². The van der Waals surface area contributed by atoms with Crippen molar-refractivity contribution in [2.24, 2.45) is 0 Å². The summed E-state index contributed by atoms with van der Waals surface area (Å²) in [7, 11) is 4.46. The lowest BCUT2D eigenvalue weighted by Gasteiger charge is -2.26. The molecule has 1 saturated heterocycles. The maximum absolute atomic E-state index is 13.0. The standard InChI is InChI=1S/C24H29N3O6S/c1-25(2)14-15-27-21(16-6-10-18(33-5)11-7-16)20(23(29)24(27)30)22(28)17-8-12-19(13-9-17)34(31,32)26(3)4/h6-13,21,28H,14-15H2,1-5H3/b22-20+/t21-/m0/s1. The fourth-order valence-electron chi connectivity index (χ4n) is 3.70. The molecule has 1 atom stereocenters. The van der Waals surface area contributed by atoms with Crippen molar-refractivity contribution in [3.8, 4) is 5.75 Å². The Bertz CT molecular complexity index is 1200. The molecule has 0 spiro atoms. The number of Topliss-reactive ketones (excluding diaryl/α,β-unsaturated/α-hetero) is 1. The molecule has 0 aliphatic carbocycles. The highest BCUT2D eigenvalue weighted by molar-refractivity contribution is 7.89. The topological polar surface area (TPSA) is 107 Å². The molecule has 1 fully saturated rings. The first-order valence-corrected chi connectivity index (χ1v) is 12.0. The van der Waals surface area contributed by atoms with Gasteiger partial charge >= 0.3 is 0 Å². The molecule has 3 rings (SSSR count). The minimum Gasteiger partial charge on any atom is -0.507 e. The molecule has 2 aromatic carbocycles. The SMILES string of the molecule is COc1ccc([C@H]2/C(=C(\O)c3ccc(S(=O)(=O)N(C)C)cc3)C(=O)C(=O)N2CCN(C)C)cc1. The van der Waals surface area contributed by atoms with Gasteiger partial charge in [0.15, 0.2) is 0 Å². The van der Waals surface area contributed by atoms with Gasteiger partial charge in [0.05, 0.1) is 23.6 Å². The van der Waals surface area contributed by atoms with Crippen LogP contribution in [0.3, 0.4) is 0 Å². The van der Waals surface area contributed by atoms with Crippen LogP contribution in [0.2, 0.25) is 0 Å². The maximum Gasteiger partial charge on any atom is 0.295 e. The molecule has 0 bridgehead atoms. The quantitative estimate of drug-likeness (QED) is 0.344. The molecule has 1 aliphatic rings. The van der Waals surface area contributed by atoms with Crippen LogP contribution in [-0.2, 0) is 19.6 Å². The predicted molar refractivity (Wildman–Crippen MR) is 128 cm³/mol. The molecule has 1 N–H and O–H groups in total. The zero-order valence-electron chi connectivity index (χ0n) is 19.8. The molecule has 1 aliphatic heterocycles. The van der Waals surface area contributed by atoms with Crippen molar-refractivity contribution in [1.82, 2.24) is 14.1 Å². The van der Waals surface area contributed by atoms with Crippen LogP contribution in [0, 0.1) is 0 Å². The lowest BCUT2D eigenvalue weighted by molar-refractivity contribution is -0.140. The van der Waals surface area contributed by atoms with Gasteiger partial charge in [-0.05, 0) is 56.1 Å². The number of rotatable bonds is 8. The average molecular weight is 488 g/mol. The van der Waals surface area contributed by atoms with Crippen LogP contribution in [0.4, 0.5) is 0 Å². The van der Waals surface area contributed by atoms with E-state index in [9.17, 15) is 23.1 Å². The Kier molecular flexibility index (Phi) is 7.44. The number of aliphatic hydroxyl groups excluding tert-OH is 1. The molecule has 0 unspecified atom stereocenters. The predicted octanol–water partition coefficient (Wildman–Crippen LogP) is 1.93. The summed E-state index contributed by atoms with van der Waals surface area (Å²) in [6.07, 6.45) is 0. The first kappa shape index (κ1) is 25.4. The van der Waals surface area contributed by atoms with Crippen LogP contribution in [0.5, 0.6) is 5.75 Å². The Hall–Kier alpha value is -3.21. The third-order valence-electron chi connectivity index (χ3n) is 5.67. The van der Waals surface area contributed by atoms with E-state index in [1.54, 1.807) is 31.4 Å². The normalized spacial score (nSPS) is 18.2. The Morgan fingerprint density at radius 2 is 1.59 bits per heavy atom. The summed E-state index contributed by atoms with van der Waals surface area (Å²) >= 11 is 0. The summed E-state index contributed by atoms with van der Waals surface area (Å²) < 4.78 is 31.0. The van der Waals surface area contributed by atoms with Gasteiger partial charge in [0.25, 0.3) is 11.7 Å². The van der Waals surface area contributed by atoms with E-state index in [-0.39, 0.29) is 28.3 Å². The second-order valence-electron chi connectivity index (χ2n) is 8.38. The number of aliphatic hydroxyl groups is 1. The van der Waals surface area contributed by atoms with Gasteiger partial charge in [-0.15, -0.1) is 0 Å². The minimum absolute atomic E-state index is 0.0443. The van der Waals surface area contributed by atoms with Crippen molar-refractivity contribution in [3.05, 3.63) is 65.2 Å². The number of sulfonamides is 1. The number of carbonyl (C=O) groups excluding carboxylic acids is 2. The van der Waals surface area contributed by atoms with Crippen molar-refractivity contribution in [2.45, 2.75) is 10.9 Å². The molecule has 9 nitrogen and oxygen atoms in total. The van der Waals surface area contributed by atoms with Crippen LogP contribution < -0.4 is 4.74 Å². The first-order chi connectivity index (χ1) is 16.0. The molecule has 1 heterocycles. The smallest absolute Gasteiger partial charge is 0.295 e. The monoisotopic (exact) mass is 487 g/mol. The van der Waals surface area contributed by atoms with Gasteiger partial charge in [0.1, 0.15) is 11.5 Å². The Labute approximate surface area is 199 Å². The van der Waals surface area contributed by atoms with Gasteiger partial charge in [-0.3, -0.25) is 9.59 Å². The first-order valence-electron chi connectivity index (χ1n) is 10.6. The number of benzene rings is 2. The highest BCUT2D eigenvalue weighted by Crippen LogP contribution is 2.39. The van der Waals surface area contributed by atoms with Crippen LogP contribution in [0.25, 0.3) is 5.76 Å². The van der Waals surface area contributed by atoms with Crippen molar-refractivity contribution in [2.75, 3.05) is 48.4 Å². The number of methoxy groups -OCH3 is 1. The molecular formula is C24H29N3O6S.